The van der Waals surface area contributed by atoms with E-state index in [0.717, 1.165) is 32.9 Å². The van der Waals surface area contributed by atoms with Gasteiger partial charge >= 0.3 is 0 Å². The van der Waals surface area contributed by atoms with E-state index in [1.54, 1.807) is 6.07 Å². The predicted octanol–water partition coefficient (Wildman–Crippen LogP) is 4.98. The summed E-state index contributed by atoms with van der Waals surface area (Å²) in [6.07, 6.45) is 4.76. The smallest absolute Gasteiger partial charge is 0.150 e. The van der Waals surface area contributed by atoms with Gasteiger partial charge in [0.15, 0.2) is 0 Å². The summed E-state index contributed by atoms with van der Waals surface area (Å²) in [7, 11) is 0. The van der Waals surface area contributed by atoms with Crippen molar-refractivity contribution in [2.75, 3.05) is 0 Å². The van der Waals surface area contributed by atoms with Gasteiger partial charge in [0.25, 0.3) is 0 Å². The first kappa shape index (κ1) is 13.7. The molecule has 0 atom stereocenters. The molecule has 0 aliphatic heterocycles. The van der Waals surface area contributed by atoms with Crippen molar-refractivity contribution in [2.45, 2.75) is 0 Å². The van der Waals surface area contributed by atoms with Crippen LogP contribution in [0.5, 0.6) is 0 Å². The van der Waals surface area contributed by atoms with Gasteiger partial charge in [-0.25, -0.2) is 4.98 Å². The van der Waals surface area contributed by atoms with Crippen LogP contribution >= 0.6 is 15.9 Å². The molecule has 0 fully saturated rings. The van der Waals surface area contributed by atoms with Crippen LogP contribution in [0.15, 0.2) is 59.1 Å². The van der Waals surface area contributed by atoms with Gasteiger partial charge < -0.3 is 0 Å². The van der Waals surface area contributed by atoms with E-state index < -0.39 is 0 Å². The number of carbonyl (C=O) groups excluding carboxylic acids is 1. The van der Waals surface area contributed by atoms with Gasteiger partial charge in [-0.1, -0.05) is 52.3 Å². The van der Waals surface area contributed by atoms with E-state index in [9.17, 15) is 4.79 Å². The Morgan fingerprint density at radius 3 is 2.57 bits per heavy atom. The van der Waals surface area contributed by atoms with E-state index in [0.29, 0.717) is 5.56 Å². The molecule has 0 amide bonds. The summed E-state index contributed by atoms with van der Waals surface area (Å²) >= 11 is 3.46. The molecule has 1 aromatic heterocycles. The van der Waals surface area contributed by atoms with E-state index >= 15 is 0 Å². The second-order valence-corrected chi connectivity index (χ2v) is 5.61. The number of pyridine rings is 1. The number of aromatic nitrogens is 1. The molecule has 3 aromatic rings. The summed E-state index contributed by atoms with van der Waals surface area (Å²) in [5, 5.41) is 1.11. The second-order valence-electron chi connectivity index (χ2n) is 4.69. The van der Waals surface area contributed by atoms with E-state index in [1.807, 2.05) is 54.6 Å². The van der Waals surface area contributed by atoms with Gasteiger partial charge in [0.1, 0.15) is 6.29 Å². The number of halogens is 1. The topological polar surface area (TPSA) is 30.0 Å². The van der Waals surface area contributed by atoms with Crippen molar-refractivity contribution in [2.24, 2.45) is 0 Å². The van der Waals surface area contributed by atoms with Crippen LogP contribution in [0.1, 0.15) is 21.6 Å². The molecule has 0 saturated carbocycles. The van der Waals surface area contributed by atoms with Crippen LogP contribution in [0.2, 0.25) is 0 Å². The van der Waals surface area contributed by atoms with Crippen LogP contribution in [0.25, 0.3) is 23.1 Å². The van der Waals surface area contributed by atoms with Gasteiger partial charge in [-0.15, -0.1) is 0 Å². The van der Waals surface area contributed by atoms with E-state index in [1.165, 1.54) is 0 Å². The molecule has 0 aliphatic carbocycles. The Bertz CT molecular complexity index is 839. The number of rotatable bonds is 3. The lowest BCUT2D eigenvalue weighted by molar-refractivity contribution is 0.112. The Labute approximate surface area is 131 Å². The highest BCUT2D eigenvalue weighted by Gasteiger charge is 1.97. The lowest BCUT2D eigenvalue weighted by Gasteiger charge is -2.00. The maximum absolute atomic E-state index is 10.8. The van der Waals surface area contributed by atoms with E-state index in [2.05, 4.69) is 27.0 Å². The van der Waals surface area contributed by atoms with Crippen molar-refractivity contribution >= 4 is 45.3 Å². The van der Waals surface area contributed by atoms with Gasteiger partial charge in [-0.2, -0.15) is 0 Å². The van der Waals surface area contributed by atoms with Crippen molar-refractivity contribution in [1.82, 2.24) is 4.98 Å². The van der Waals surface area contributed by atoms with Crippen LogP contribution in [-0.2, 0) is 0 Å². The summed E-state index contributed by atoms with van der Waals surface area (Å²) in [4.78, 5) is 15.4. The highest BCUT2D eigenvalue weighted by atomic mass is 79.9. The van der Waals surface area contributed by atoms with Gasteiger partial charge in [0, 0.05) is 15.4 Å². The fraction of sp³-hybridized carbons (Fsp3) is 0. The summed E-state index contributed by atoms with van der Waals surface area (Å²) in [6, 6.07) is 17.5. The molecule has 0 aliphatic rings. The first-order chi connectivity index (χ1) is 10.2. The third kappa shape index (κ3) is 3.26. The minimum Gasteiger partial charge on any atom is -0.298 e. The lowest BCUT2D eigenvalue weighted by Crippen LogP contribution is -1.84. The normalized spacial score (nSPS) is 11.1. The number of nitrogens with zero attached hydrogens (tertiary/aromatic N) is 1. The molecule has 3 rings (SSSR count). The van der Waals surface area contributed by atoms with E-state index in [-0.39, 0.29) is 0 Å². The fourth-order valence-electron chi connectivity index (χ4n) is 2.12. The molecular formula is C18H12BrNO. The average Bonchev–Trinajstić information content (AvgIpc) is 2.52. The molecule has 2 aromatic carbocycles. The van der Waals surface area contributed by atoms with Crippen molar-refractivity contribution in [3.8, 4) is 0 Å². The zero-order valence-electron chi connectivity index (χ0n) is 11.2. The number of benzene rings is 2. The molecule has 0 bridgehead atoms. The monoisotopic (exact) mass is 337 g/mol. The maximum Gasteiger partial charge on any atom is 0.150 e. The van der Waals surface area contributed by atoms with Crippen molar-refractivity contribution in [1.29, 1.82) is 0 Å². The van der Waals surface area contributed by atoms with Crippen LogP contribution in [0.3, 0.4) is 0 Å². The minimum absolute atomic E-state index is 0.674. The zero-order valence-corrected chi connectivity index (χ0v) is 12.7. The molecule has 0 saturated heterocycles. The average molecular weight is 338 g/mol. The van der Waals surface area contributed by atoms with Crippen molar-refractivity contribution < 1.29 is 4.79 Å². The van der Waals surface area contributed by atoms with Gasteiger partial charge in [0.05, 0.1) is 11.2 Å². The third-order valence-electron chi connectivity index (χ3n) is 3.17. The van der Waals surface area contributed by atoms with Gasteiger partial charge in [-0.05, 0) is 35.9 Å². The number of aldehydes is 1. The predicted molar refractivity (Wildman–Crippen MR) is 90.2 cm³/mol. The zero-order chi connectivity index (χ0) is 14.7. The summed E-state index contributed by atoms with van der Waals surface area (Å²) < 4.78 is 1.02. The minimum atomic E-state index is 0.674. The van der Waals surface area contributed by atoms with Crippen molar-refractivity contribution in [3.63, 3.8) is 0 Å². The first-order valence-electron chi connectivity index (χ1n) is 6.54. The van der Waals surface area contributed by atoms with Crippen LogP contribution in [0, 0.1) is 0 Å². The molecule has 0 radical (unpaired) electrons. The summed E-state index contributed by atoms with van der Waals surface area (Å²) in [5.74, 6) is 0. The number of hydrogen-bond donors (Lipinski definition) is 0. The van der Waals surface area contributed by atoms with Crippen LogP contribution in [0.4, 0.5) is 0 Å². The van der Waals surface area contributed by atoms with Crippen LogP contribution in [-0.4, -0.2) is 11.3 Å². The standard InChI is InChI=1S/C18H12BrNO/c19-16-7-5-15-6-9-17(20-18(15)11-16)8-4-13-2-1-3-14(10-13)12-21/h1-12H/b8-4+. The third-order valence-corrected chi connectivity index (χ3v) is 3.66. The first-order valence-corrected chi connectivity index (χ1v) is 7.33. The molecule has 0 unspecified atom stereocenters. The van der Waals surface area contributed by atoms with Crippen LogP contribution < -0.4 is 0 Å². The Kier molecular flexibility index (Phi) is 3.93. The van der Waals surface area contributed by atoms with Gasteiger partial charge in [0.2, 0.25) is 0 Å². The number of carbonyl (C=O) groups is 1. The molecule has 0 spiro atoms. The Morgan fingerprint density at radius 2 is 1.71 bits per heavy atom. The largest absolute Gasteiger partial charge is 0.298 e. The quantitative estimate of drug-likeness (QED) is 0.631. The fourth-order valence-corrected chi connectivity index (χ4v) is 2.47. The number of fused-ring (bicyclic) bond motifs is 1. The molecule has 21 heavy (non-hydrogen) atoms. The summed E-state index contributed by atoms with van der Waals surface area (Å²) in [6.45, 7) is 0. The Hall–Kier alpha value is -2.26. The molecule has 1 heterocycles. The summed E-state index contributed by atoms with van der Waals surface area (Å²) in [5.41, 5.74) is 3.49. The molecule has 0 N–H and O–H groups in total. The second kappa shape index (κ2) is 6.02. The van der Waals surface area contributed by atoms with Gasteiger partial charge in [-0.3, -0.25) is 4.79 Å². The highest BCUT2D eigenvalue weighted by Crippen LogP contribution is 2.19. The lowest BCUT2D eigenvalue weighted by atomic mass is 10.1. The molecule has 2 nitrogen and oxygen atoms in total. The molecule has 102 valence electrons. The highest BCUT2D eigenvalue weighted by molar-refractivity contribution is 9.10. The maximum atomic E-state index is 10.8. The Morgan fingerprint density at radius 1 is 0.905 bits per heavy atom. The van der Waals surface area contributed by atoms with E-state index in [4.69, 9.17) is 0 Å². The SMILES string of the molecule is O=Cc1cccc(/C=C/c2ccc3ccc(Br)cc3n2)c1. The number of hydrogen-bond acceptors (Lipinski definition) is 2. The Balaban J connectivity index is 1.93. The van der Waals surface area contributed by atoms with Crippen molar-refractivity contribution in [3.05, 3.63) is 75.9 Å². The molecular weight excluding hydrogens is 326 g/mol. The molecule has 3 heteroatoms.